The van der Waals surface area contributed by atoms with E-state index in [1.54, 1.807) is 0 Å². The molecule has 0 spiro atoms. The predicted octanol–water partition coefficient (Wildman–Crippen LogP) is 1.68. The lowest BCUT2D eigenvalue weighted by Crippen LogP contribution is -2.34. The molecule has 0 radical (unpaired) electrons. The Labute approximate surface area is 110 Å². The number of carbonyl (C=O) groups is 1. The van der Waals surface area contributed by atoms with Crippen molar-refractivity contribution >= 4 is 16.0 Å². The Morgan fingerprint density at radius 2 is 1.83 bits per heavy atom. The Hall–Kier alpha value is -0.620. The van der Waals surface area contributed by atoms with Gasteiger partial charge in [0.1, 0.15) is 0 Å². The summed E-state index contributed by atoms with van der Waals surface area (Å²) in [7, 11) is -2.00. The maximum Gasteiger partial charge on any atom is 0.305 e. The molecular weight excluding hydrogens is 254 g/mol. The van der Waals surface area contributed by atoms with Crippen molar-refractivity contribution in [3.05, 3.63) is 0 Å². The second-order valence-electron chi connectivity index (χ2n) is 4.99. The van der Waals surface area contributed by atoms with Crippen molar-refractivity contribution < 1.29 is 17.9 Å². The molecule has 6 heteroatoms. The first-order chi connectivity index (χ1) is 8.26. The van der Waals surface area contributed by atoms with Gasteiger partial charge in [0.2, 0.25) is 10.0 Å². The summed E-state index contributed by atoms with van der Waals surface area (Å²) in [6.45, 7) is 6.08. The van der Waals surface area contributed by atoms with Gasteiger partial charge in [-0.2, -0.15) is 0 Å². The van der Waals surface area contributed by atoms with E-state index < -0.39 is 10.0 Å². The van der Waals surface area contributed by atoms with Gasteiger partial charge in [-0.3, -0.25) is 4.79 Å². The van der Waals surface area contributed by atoms with Crippen LogP contribution < -0.4 is 4.72 Å². The highest BCUT2D eigenvalue weighted by molar-refractivity contribution is 7.89. The molecule has 0 aliphatic rings. The Morgan fingerprint density at radius 3 is 2.33 bits per heavy atom. The minimum atomic E-state index is -3.29. The monoisotopic (exact) mass is 279 g/mol. The van der Waals surface area contributed by atoms with Crippen molar-refractivity contribution in [2.24, 2.45) is 5.92 Å². The molecule has 108 valence electrons. The normalized spacial score (nSPS) is 13.6. The molecule has 18 heavy (non-hydrogen) atoms. The van der Waals surface area contributed by atoms with Crippen LogP contribution in [0.3, 0.4) is 0 Å². The third kappa shape index (κ3) is 9.41. The molecule has 0 aliphatic heterocycles. The maximum absolute atomic E-state index is 11.7. The van der Waals surface area contributed by atoms with Gasteiger partial charge in [0, 0.05) is 12.5 Å². The molecule has 0 aliphatic carbocycles. The molecule has 0 saturated heterocycles. The van der Waals surface area contributed by atoms with Crippen molar-refractivity contribution in [2.75, 3.05) is 12.9 Å². The lowest BCUT2D eigenvalue weighted by molar-refractivity contribution is -0.140. The molecule has 1 N–H and O–H groups in total. The van der Waals surface area contributed by atoms with Gasteiger partial charge < -0.3 is 4.74 Å². The van der Waals surface area contributed by atoms with Crippen molar-refractivity contribution in [1.82, 2.24) is 4.72 Å². The zero-order valence-corrected chi connectivity index (χ0v) is 12.5. The molecule has 0 saturated carbocycles. The fourth-order valence-electron chi connectivity index (χ4n) is 1.52. The zero-order chi connectivity index (χ0) is 14.2. The summed E-state index contributed by atoms with van der Waals surface area (Å²) in [6, 6.07) is -0.0597. The Kier molecular flexibility index (Phi) is 8.18. The molecular formula is C12H25NO4S. The van der Waals surface area contributed by atoms with E-state index in [9.17, 15) is 13.2 Å². The second-order valence-corrected chi connectivity index (χ2v) is 6.86. The van der Waals surface area contributed by atoms with Crippen molar-refractivity contribution in [3.8, 4) is 0 Å². The fraction of sp³-hybridized carbons (Fsp3) is 0.917. The van der Waals surface area contributed by atoms with Crippen molar-refractivity contribution in [1.29, 1.82) is 0 Å². The summed E-state index contributed by atoms with van der Waals surface area (Å²) in [5.41, 5.74) is 0. The number of hydrogen-bond acceptors (Lipinski definition) is 4. The maximum atomic E-state index is 11.7. The first kappa shape index (κ1) is 17.4. The van der Waals surface area contributed by atoms with Crippen LogP contribution in [0, 0.1) is 5.92 Å². The molecule has 0 amide bonds. The summed E-state index contributed by atoms with van der Waals surface area (Å²) in [5, 5.41) is 0. The van der Waals surface area contributed by atoms with E-state index in [1.165, 1.54) is 7.11 Å². The Balaban J connectivity index is 3.95. The van der Waals surface area contributed by atoms with E-state index in [2.05, 4.69) is 23.3 Å². The van der Waals surface area contributed by atoms with Crippen LogP contribution >= 0.6 is 0 Å². The minimum Gasteiger partial charge on any atom is -0.469 e. The third-order valence-corrected chi connectivity index (χ3v) is 4.17. The van der Waals surface area contributed by atoms with Crippen LogP contribution in [0.25, 0.3) is 0 Å². The van der Waals surface area contributed by atoms with Gasteiger partial charge >= 0.3 is 5.97 Å². The van der Waals surface area contributed by atoms with E-state index in [1.807, 2.05) is 6.92 Å². The number of carbonyl (C=O) groups excluding carboxylic acids is 1. The Morgan fingerprint density at radius 1 is 1.22 bits per heavy atom. The average Bonchev–Trinajstić information content (AvgIpc) is 2.25. The highest BCUT2D eigenvalue weighted by Gasteiger charge is 2.15. The fourth-order valence-corrected chi connectivity index (χ4v) is 2.89. The summed E-state index contributed by atoms with van der Waals surface area (Å²) in [5.74, 6) is 0.156. The number of hydrogen-bond donors (Lipinski definition) is 1. The van der Waals surface area contributed by atoms with E-state index in [-0.39, 0.29) is 24.2 Å². The smallest absolute Gasteiger partial charge is 0.305 e. The number of nitrogens with one attached hydrogen (secondary N) is 1. The first-order valence-corrected chi connectivity index (χ1v) is 7.99. The van der Waals surface area contributed by atoms with Crippen LogP contribution in [0.15, 0.2) is 0 Å². The van der Waals surface area contributed by atoms with Gasteiger partial charge in [-0.15, -0.1) is 0 Å². The second kappa shape index (κ2) is 8.48. The van der Waals surface area contributed by atoms with Crippen LogP contribution in [0.5, 0.6) is 0 Å². The summed E-state index contributed by atoms with van der Waals surface area (Å²) < 4.78 is 30.5. The van der Waals surface area contributed by atoms with E-state index in [0.29, 0.717) is 12.3 Å². The molecule has 0 bridgehead atoms. The van der Waals surface area contributed by atoms with Gasteiger partial charge in [0.05, 0.1) is 12.9 Å². The average molecular weight is 279 g/mol. The zero-order valence-electron chi connectivity index (χ0n) is 11.7. The van der Waals surface area contributed by atoms with E-state index in [0.717, 1.165) is 12.8 Å². The van der Waals surface area contributed by atoms with Crippen LogP contribution in [0.2, 0.25) is 0 Å². The minimum absolute atomic E-state index is 0.0336. The molecule has 0 aromatic rings. The van der Waals surface area contributed by atoms with Gasteiger partial charge in [-0.25, -0.2) is 13.1 Å². The Bertz CT molecular complexity index is 338. The van der Waals surface area contributed by atoms with Crippen molar-refractivity contribution in [2.45, 2.75) is 52.5 Å². The quantitative estimate of drug-likeness (QED) is 0.652. The van der Waals surface area contributed by atoms with Gasteiger partial charge in [0.15, 0.2) is 0 Å². The summed E-state index contributed by atoms with van der Waals surface area (Å²) in [4.78, 5) is 10.9. The number of esters is 1. The summed E-state index contributed by atoms with van der Waals surface area (Å²) in [6.07, 6.45) is 2.25. The molecule has 5 nitrogen and oxygen atoms in total. The van der Waals surface area contributed by atoms with Crippen LogP contribution in [-0.2, 0) is 19.6 Å². The lowest BCUT2D eigenvalue weighted by Gasteiger charge is -2.15. The van der Waals surface area contributed by atoms with Gasteiger partial charge in [0.25, 0.3) is 0 Å². The molecule has 0 aromatic carbocycles. The molecule has 0 fully saturated rings. The topological polar surface area (TPSA) is 72.5 Å². The number of rotatable bonds is 9. The molecule has 0 heterocycles. The number of methoxy groups -OCH3 is 1. The van der Waals surface area contributed by atoms with Gasteiger partial charge in [-0.1, -0.05) is 13.8 Å². The third-order valence-electron chi connectivity index (χ3n) is 2.58. The molecule has 1 unspecified atom stereocenters. The van der Waals surface area contributed by atoms with Crippen LogP contribution in [-0.4, -0.2) is 33.3 Å². The largest absolute Gasteiger partial charge is 0.469 e. The number of ether oxygens (including phenoxy) is 1. The van der Waals surface area contributed by atoms with Crippen LogP contribution in [0.1, 0.15) is 46.5 Å². The SMILES string of the molecule is COC(=O)CCCS(=O)(=O)NC(C)CCC(C)C. The standard InChI is InChI=1S/C12H25NO4S/c1-10(2)7-8-11(3)13-18(15,16)9-5-6-12(14)17-4/h10-11,13H,5-9H2,1-4H3. The molecule has 1 atom stereocenters. The summed E-state index contributed by atoms with van der Waals surface area (Å²) >= 11 is 0. The molecule has 0 aromatic heterocycles. The highest BCUT2D eigenvalue weighted by Crippen LogP contribution is 2.07. The van der Waals surface area contributed by atoms with Gasteiger partial charge in [-0.05, 0) is 32.1 Å². The van der Waals surface area contributed by atoms with Crippen LogP contribution in [0.4, 0.5) is 0 Å². The number of sulfonamides is 1. The van der Waals surface area contributed by atoms with E-state index >= 15 is 0 Å². The first-order valence-electron chi connectivity index (χ1n) is 6.33. The van der Waals surface area contributed by atoms with Crippen molar-refractivity contribution in [3.63, 3.8) is 0 Å². The van der Waals surface area contributed by atoms with E-state index in [4.69, 9.17) is 0 Å². The lowest BCUT2D eigenvalue weighted by atomic mass is 10.1. The highest BCUT2D eigenvalue weighted by atomic mass is 32.2. The molecule has 0 rings (SSSR count). The predicted molar refractivity (Wildman–Crippen MR) is 71.7 cm³/mol.